The second-order valence-corrected chi connectivity index (χ2v) is 9.92. The van der Waals surface area contributed by atoms with E-state index in [1.807, 2.05) is 37.3 Å². The molecule has 154 valence electrons. The highest BCUT2D eigenvalue weighted by atomic mass is 79.9. The fraction of sp³-hybridized carbons (Fsp3) is 0.318. The second kappa shape index (κ2) is 9.13. The van der Waals surface area contributed by atoms with Crippen LogP contribution in [0.3, 0.4) is 0 Å². The Hall–Kier alpha value is -2.12. The van der Waals surface area contributed by atoms with Crippen LogP contribution in [0, 0.1) is 0 Å². The van der Waals surface area contributed by atoms with Gasteiger partial charge in [-0.25, -0.2) is 8.42 Å². The van der Waals surface area contributed by atoms with Crippen LogP contribution in [0.15, 0.2) is 75.1 Å². The van der Waals surface area contributed by atoms with Crippen molar-refractivity contribution in [1.29, 1.82) is 0 Å². The summed E-state index contributed by atoms with van der Waals surface area (Å²) < 4.78 is 27.1. The molecule has 0 aromatic heterocycles. The number of halogens is 1. The predicted octanol–water partition coefficient (Wildman–Crippen LogP) is 4.77. The smallest absolute Gasteiger partial charge is 0.269 e. The van der Waals surface area contributed by atoms with Crippen LogP contribution in [-0.2, 0) is 14.6 Å². The van der Waals surface area contributed by atoms with Crippen molar-refractivity contribution in [2.24, 2.45) is 0 Å². The Labute approximate surface area is 180 Å². The number of hydrogen-bond donors (Lipinski definition) is 1. The third-order valence-electron chi connectivity index (χ3n) is 5.13. The minimum atomic E-state index is -3.93. The van der Waals surface area contributed by atoms with Gasteiger partial charge in [0.25, 0.3) is 5.91 Å². The van der Waals surface area contributed by atoms with E-state index in [0.29, 0.717) is 0 Å². The number of amides is 1. The number of benzene rings is 2. The van der Waals surface area contributed by atoms with E-state index in [9.17, 15) is 13.2 Å². The maximum atomic E-state index is 13.4. The van der Waals surface area contributed by atoms with Gasteiger partial charge in [0, 0.05) is 10.7 Å². The summed E-state index contributed by atoms with van der Waals surface area (Å²) in [6.07, 6.45) is 3.80. The van der Waals surface area contributed by atoms with Gasteiger partial charge in [0.15, 0.2) is 4.91 Å². The van der Waals surface area contributed by atoms with Gasteiger partial charge in [-0.2, -0.15) is 0 Å². The highest BCUT2D eigenvalue weighted by molar-refractivity contribution is 9.10. The Morgan fingerprint density at radius 1 is 1.10 bits per heavy atom. The number of sulfone groups is 1. The SMILES string of the molecule is CCCC[C@H]1NC=C(S(=O)(=O)c2ccc(Br)cc2)C(=O)N1C(C)c1ccccc1. The van der Waals surface area contributed by atoms with E-state index in [-0.39, 0.29) is 22.0 Å². The van der Waals surface area contributed by atoms with Crippen LogP contribution in [0.5, 0.6) is 0 Å². The molecule has 29 heavy (non-hydrogen) atoms. The van der Waals surface area contributed by atoms with Gasteiger partial charge in [0.05, 0.1) is 10.9 Å². The summed E-state index contributed by atoms with van der Waals surface area (Å²) in [5.41, 5.74) is 0.964. The molecule has 0 saturated heterocycles. The van der Waals surface area contributed by atoms with Gasteiger partial charge in [-0.05, 0) is 49.6 Å². The lowest BCUT2D eigenvalue weighted by Gasteiger charge is -2.40. The number of unbranched alkanes of at least 4 members (excludes halogenated alkanes) is 1. The number of carbonyl (C=O) groups excluding carboxylic acids is 1. The Kier molecular flexibility index (Phi) is 6.80. The molecular weight excluding hydrogens is 452 g/mol. The van der Waals surface area contributed by atoms with Crippen molar-refractivity contribution >= 4 is 31.7 Å². The molecular formula is C22H25BrN2O3S. The van der Waals surface area contributed by atoms with E-state index in [4.69, 9.17) is 0 Å². The van der Waals surface area contributed by atoms with Gasteiger partial charge in [-0.1, -0.05) is 59.6 Å². The topological polar surface area (TPSA) is 66.5 Å². The summed E-state index contributed by atoms with van der Waals surface area (Å²) in [5.74, 6) is -0.468. The lowest BCUT2D eigenvalue weighted by Crippen LogP contribution is -2.53. The molecule has 5 nitrogen and oxygen atoms in total. The van der Waals surface area contributed by atoms with Crippen LogP contribution in [0.4, 0.5) is 0 Å². The first-order chi connectivity index (χ1) is 13.9. The summed E-state index contributed by atoms with van der Waals surface area (Å²) in [5, 5.41) is 3.18. The highest BCUT2D eigenvalue weighted by Gasteiger charge is 2.39. The molecule has 1 unspecified atom stereocenters. The molecule has 0 saturated carbocycles. The van der Waals surface area contributed by atoms with E-state index in [2.05, 4.69) is 28.2 Å². The van der Waals surface area contributed by atoms with Crippen molar-refractivity contribution in [3.8, 4) is 0 Å². The summed E-state index contributed by atoms with van der Waals surface area (Å²) in [6.45, 7) is 4.03. The van der Waals surface area contributed by atoms with Crippen molar-refractivity contribution in [2.75, 3.05) is 0 Å². The maximum Gasteiger partial charge on any atom is 0.269 e. The van der Waals surface area contributed by atoms with Crippen LogP contribution >= 0.6 is 15.9 Å². The minimum absolute atomic E-state index is 0.0985. The van der Waals surface area contributed by atoms with Gasteiger partial charge in [0.1, 0.15) is 6.17 Å². The highest BCUT2D eigenvalue weighted by Crippen LogP contribution is 2.31. The van der Waals surface area contributed by atoms with Gasteiger partial charge >= 0.3 is 0 Å². The third kappa shape index (κ3) is 4.56. The number of rotatable bonds is 7. The Morgan fingerprint density at radius 3 is 2.38 bits per heavy atom. The Balaban J connectivity index is 1.99. The van der Waals surface area contributed by atoms with E-state index in [1.54, 1.807) is 17.0 Å². The largest absolute Gasteiger partial charge is 0.370 e. The summed E-state index contributed by atoms with van der Waals surface area (Å²) >= 11 is 3.31. The number of nitrogens with zero attached hydrogens (tertiary/aromatic N) is 1. The average Bonchev–Trinajstić information content (AvgIpc) is 2.72. The molecule has 0 fully saturated rings. The Morgan fingerprint density at radius 2 is 1.76 bits per heavy atom. The van der Waals surface area contributed by atoms with Crippen molar-refractivity contribution < 1.29 is 13.2 Å². The first kappa shape index (κ1) is 21.6. The van der Waals surface area contributed by atoms with Crippen LogP contribution in [0.1, 0.15) is 44.7 Å². The quantitative estimate of drug-likeness (QED) is 0.624. The third-order valence-corrected chi connectivity index (χ3v) is 7.42. The summed E-state index contributed by atoms with van der Waals surface area (Å²) in [6, 6.07) is 15.7. The lowest BCUT2D eigenvalue weighted by molar-refractivity contribution is -0.133. The second-order valence-electron chi connectivity index (χ2n) is 7.09. The van der Waals surface area contributed by atoms with Crippen molar-refractivity contribution in [3.05, 3.63) is 75.7 Å². The van der Waals surface area contributed by atoms with Gasteiger partial charge < -0.3 is 10.2 Å². The van der Waals surface area contributed by atoms with E-state index in [1.165, 1.54) is 18.3 Å². The monoisotopic (exact) mass is 476 g/mol. The van der Waals surface area contributed by atoms with Crippen LogP contribution in [-0.4, -0.2) is 25.4 Å². The molecule has 1 amide bonds. The molecule has 0 radical (unpaired) electrons. The zero-order valence-electron chi connectivity index (χ0n) is 16.5. The predicted molar refractivity (Wildman–Crippen MR) is 118 cm³/mol. The number of hydrogen-bond acceptors (Lipinski definition) is 4. The zero-order valence-corrected chi connectivity index (χ0v) is 18.9. The molecule has 2 aromatic carbocycles. The van der Waals surface area contributed by atoms with Crippen LogP contribution < -0.4 is 5.32 Å². The number of nitrogens with one attached hydrogen (secondary N) is 1. The number of carbonyl (C=O) groups is 1. The molecule has 2 aromatic rings. The molecule has 0 spiro atoms. The fourth-order valence-corrected chi connectivity index (χ4v) is 5.04. The summed E-state index contributed by atoms with van der Waals surface area (Å²) in [7, 11) is -3.93. The standard InChI is InChI=1S/C22H25BrN2O3S/c1-3-4-10-21-24-15-20(29(27,28)19-13-11-18(23)12-14-19)22(26)25(21)16(2)17-8-6-5-7-9-17/h5-9,11-16,21,24H,3-4,10H2,1-2H3/t16?,21-/m0/s1. The summed E-state index contributed by atoms with van der Waals surface area (Å²) in [4.78, 5) is 15.0. The molecule has 1 aliphatic heterocycles. The van der Waals surface area contributed by atoms with E-state index < -0.39 is 15.7 Å². The Bertz CT molecular complexity index is 988. The van der Waals surface area contributed by atoms with Gasteiger partial charge in [0.2, 0.25) is 9.84 Å². The van der Waals surface area contributed by atoms with Crippen molar-refractivity contribution in [2.45, 2.75) is 50.2 Å². The van der Waals surface area contributed by atoms with Gasteiger partial charge in [-0.3, -0.25) is 4.79 Å². The first-order valence-corrected chi connectivity index (χ1v) is 12.0. The van der Waals surface area contributed by atoms with Crippen LogP contribution in [0.2, 0.25) is 0 Å². The zero-order chi connectivity index (χ0) is 21.0. The molecule has 1 aliphatic rings. The maximum absolute atomic E-state index is 13.4. The van der Waals surface area contributed by atoms with E-state index in [0.717, 1.165) is 29.3 Å². The first-order valence-electron chi connectivity index (χ1n) is 9.70. The molecule has 1 N–H and O–H groups in total. The molecule has 1 heterocycles. The lowest BCUT2D eigenvalue weighted by atomic mass is 10.0. The van der Waals surface area contributed by atoms with Crippen LogP contribution in [0.25, 0.3) is 0 Å². The molecule has 7 heteroatoms. The molecule has 0 bridgehead atoms. The molecule has 0 aliphatic carbocycles. The fourth-order valence-electron chi connectivity index (χ4n) is 3.47. The average molecular weight is 477 g/mol. The minimum Gasteiger partial charge on any atom is -0.370 e. The normalized spacial score (nSPS) is 18.2. The molecule has 2 atom stereocenters. The van der Waals surface area contributed by atoms with Gasteiger partial charge in [-0.15, -0.1) is 0 Å². The van der Waals surface area contributed by atoms with E-state index >= 15 is 0 Å². The van der Waals surface area contributed by atoms with Crippen molar-refractivity contribution in [3.63, 3.8) is 0 Å². The van der Waals surface area contributed by atoms with Crippen molar-refractivity contribution in [1.82, 2.24) is 10.2 Å². The molecule has 3 rings (SSSR count).